The Morgan fingerprint density at radius 3 is 2.56 bits per heavy atom. The van der Waals surface area contributed by atoms with Gasteiger partial charge in [-0.15, -0.1) is 11.3 Å². The first-order chi connectivity index (χ1) is 15.3. The monoisotopic (exact) mass is 454 g/mol. The maximum absolute atomic E-state index is 13.0. The number of carbonyl (C=O) groups is 3. The first-order valence-corrected chi connectivity index (χ1v) is 12.2. The third-order valence-corrected chi connectivity index (χ3v) is 7.47. The van der Waals surface area contributed by atoms with Crippen molar-refractivity contribution in [3.63, 3.8) is 0 Å². The first-order valence-electron chi connectivity index (χ1n) is 11.3. The molecule has 1 aromatic heterocycles. The van der Waals surface area contributed by atoms with Crippen LogP contribution < -0.4 is 10.6 Å². The summed E-state index contributed by atoms with van der Waals surface area (Å²) in [6.45, 7) is 6.14. The van der Waals surface area contributed by atoms with Crippen LogP contribution in [0.15, 0.2) is 29.6 Å². The van der Waals surface area contributed by atoms with E-state index in [0.29, 0.717) is 29.8 Å². The van der Waals surface area contributed by atoms with Gasteiger partial charge in [-0.2, -0.15) is 0 Å². The summed E-state index contributed by atoms with van der Waals surface area (Å²) in [6, 6.07) is 7.73. The Hall–Kier alpha value is -2.74. The van der Waals surface area contributed by atoms with E-state index in [4.69, 9.17) is 0 Å². The molecule has 2 fully saturated rings. The normalized spacial score (nSPS) is 23.1. The molecule has 2 aliphatic rings. The lowest BCUT2D eigenvalue weighted by molar-refractivity contribution is -0.135. The molecule has 4 rings (SSSR count). The molecule has 0 radical (unpaired) electrons. The first kappa shape index (κ1) is 22.5. The summed E-state index contributed by atoms with van der Waals surface area (Å²) < 4.78 is 0. The molecule has 2 N–H and O–H groups in total. The minimum absolute atomic E-state index is 0.280. The molecule has 1 saturated carbocycles. The highest BCUT2D eigenvalue weighted by atomic mass is 32.1. The van der Waals surface area contributed by atoms with Crippen molar-refractivity contribution in [3.05, 3.63) is 35.2 Å². The molecule has 1 aliphatic carbocycles. The Kier molecular flexibility index (Phi) is 6.33. The molecule has 8 heteroatoms. The van der Waals surface area contributed by atoms with Crippen molar-refractivity contribution in [3.8, 4) is 11.3 Å². The second-order valence-electron chi connectivity index (χ2n) is 9.12. The van der Waals surface area contributed by atoms with Crippen LogP contribution in [0.5, 0.6) is 0 Å². The molecule has 32 heavy (non-hydrogen) atoms. The van der Waals surface area contributed by atoms with Crippen LogP contribution in [0.2, 0.25) is 0 Å². The maximum atomic E-state index is 13.0. The van der Waals surface area contributed by atoms with Crippen LogP contribution in [-0.2, 0) is 9.59 Å². The zero-order chi connectivity index (χ0) is 22.9. The van der Waals surface area contributed by atoms with Crippen molar-refractivity contribution in [1.82, 2.24) is 15.2 Å². The second-order valence-corrected chi connectivity index (χ2v) is 9.98. The summed E-state index contributed by atoms with van der Waals surface area (Å²) in [6.07, 6.45) is 4.20. The van der Waals surface area contributed by atoms with Gasteiger partial charge in [-0.1, -0.05) is 51.5 Å². The third kappa shape index (κ3) is 4.41. The van der Waals surface area contributed by atoms with E-state index in [2.05, 4.69) is 48.5 Å². The average molecular weight is 455 g/mol. The lowest BCUT2D eigenvalue weighted by Crippen LogP contribution is -2.49. The van der Waals surface area contributed by atoms with Gasteiger partial charge in [0.1, 0.15) is 12.1 Å². The van der Waals surface area contributed by atoms with Crippen LogP contribution in [-0.4, -0.2) is 39.8 Å². The molecule has 0 atom stereocenters. The number of urea groups is 1. The van der Waals surface area contributed by atoms with Crippen molar-refractivity contribution >= 4 is 34.3 Å². The van der Waals surface area contributed by atoms with Crippen LogP contribution in [0, 0.1) is 5.92 Å². The van der Waals surface area contributed by atoms with Gasteiger partial charge in [-0.05, 0) is 43.1 Å². The number of rotatable bonds is 6. The highest BCUT2D eigenvalue weighted by Gasteiger charge is 2.52. The fraction of sp³-hybridized carbons (Fsp3) is 0.500. The van der Waals surface area contributed by atoms with Gasteiger partial charge in [0.25, 0.3) is 5.91 Å². The van der Waals surface area contributed by atoms with Crippen molar-refractivity contribution < 1.29 is 14.4 Å². The standard InChI is InChI=1S/C24H30N4O3S/c1-4-16-9-11-24(12-10-16)21(30)28(23(31)27-24)13-20(29)26-22-25-19(14-32-22)18-7-5-17(6-8-18)15(2)3/h5-8,14-16H,4,9-13H2,1-3H3,(H,27,31)(H,25,26,29). The summed E-state index contributed by atoms with van der Waals surface area (Å²) >= 11 is 1.32. The smallest absolute Gasteiger partial charge is 0.323 e. The van der Waals surface area contributed by atoms with Crippen LogP contribution in [0.4, 0.5) is 9.93 Å². The van der Waals surface area contributed by atoms with Gasteiger partial charge in [0.2, 0.25) is 5.91 Å². The largest absolute Gasteiger partial charge is 0.325 e. The van der Waals surface area contributed by atoms with E-state index in [1.54, 1.807) is 0 Å². The second kappa shape index (κ2) is 9.02. The van der Waals surface area contributed by atoms with Gasteiger partial charge in [0.05, 0.1) is 5.69 Å². The highest BCUT2D eigenvalue weighted by Crippen LogP contribution is 2.37. The molecule has 4 amide bonds. The van der Waals surface area contributed by atoms with Crippen molar-refractivity contribution in [2.24, 2.45) is 5.92 Å². The van der Waals surface area contributed by atoms with Crippen molar-refractivity contribution in [2.45, 2.75) is 64.3 Å². The topological polar surface area (TPSA) is 91.4 Å². The molecule has 0 unspecified atom stereocenters. The molecule has 1 spiro atoms. The molecule has 2 aromatic rings. The SMILES string of the molecule is CCC1CCC2(CC1)NC(=O)N(CC(=O)Nc1nc(-c3ccc(C(C)C)cc3)cs1)C2=O. The molecule has 0 bridgehead atoms. The predicted molar refractivity (Wildman–Crippen MR) is 125 cm³/mol. The quantitative estimate of drug-likeness (QED) is 0.616. The van der Waals surface area contributed by atoms with E-state index in [0.717, 1.165) is 35.4 Å². The molecule has 170 valence electrons. The van der Waals surface area contributed by atoms with Crippen LogP contribution in [0.1, 0.15) is 64.4 Å². The van der Waals surface area contributed by atoms with Gasteiger partial charge in [0, 0.05) is 10.9 Å². The number of hydrogen-bond acceptors (Lipinski definition) is 5. The highest BCUT2D eigenvalue weighted by molar-refractivity contribution is 7.14. The number of nitrogens with one attached hydrogen (secondary N) is 2. The minimum atomic E-state index is -0.834. The number of aromatic nitrogens is 1. The van der Waals surface area contributed by atoms with E-state index in [9.17, 15) is 14.4 Å². The van der Waals surface area contributed by atoms with E-state index in [1.807, 2.05) is 17.5 Å². The molecule has 1 saturated heterocycles. The van der Waals surface area contributed by atoms with Gasteiger partial charge in [-0.25, -0.2) is 9.78 Å². The number of thiazole rings is 1. The Morgan fingerprint density at radius 1 is 1.25 bits per heavy atom. The van der Waals surface area contributed by atoms with Crippen LogP contribution >= 0.6 is 11.3 Å². The number of hydrogen-bond donors (Lipinski definition) is 2. The summed E-state index contributed by atoms with van der Waals surface area (Å²) in [7, 11) is 0. The Labute approximate surface area is 192 Å². The third-order valence-electron chi connectivity index (χ3n) is 6.71. The van der Waals surface area contributed by atoms with E-state index in [-0.39, 0.29) is 12.5 Å². The van der Waals surface area contributed by atoms with Gasteiger partial charge >= 0.3 is 6.03 Å². The van der Waals surface area contributed by atoms with Crippen molar-refractivity contribution in [1.29, 1.82) is 0 Å². The molecule has 7 nitrogen and oxygen atoms in total. The Bertz CT molecular complexity index is 1010. The molecule has 1 aromatic carbocycles. The summed E-state index contributed by atoms with van der Waals surface area (Å²) in [5.41, 5.74) is 2.18. The molecule has 1 aliphatic heterocycles. The van der Waals surface area contributed by atoms with Gasteiger partial charge in [-0.3, -0.25) is 14.5 Å². The Morgan fingerprint density at radius 2 is 1.94 bits per heavy atom. The minimum Gasteiger partial charge on any atom is -0.323 e. The Balaban J connectivity index is 1.37. The zero-order valence-corrected chi connectivity index (χ0v) is 19.6. The fourth-order valence-electron chi connectivity index (χ4n) is 4.54. The number of nitrogens with zero attached hydrogens (tertiary/aromatic N) is 2. The summed E-state index contributed by atoms with van der Waals surface area (Å²) in [5, 5.41) is 7.93. The molecule has 2 heterocycles. The van der Waals surface area contributed by atoms with Crippen molar-refractivity contribution in [2.75, 3.05) is 11.9 Å². The summed E-state index contributed by atoms with van der Waals surface area (Å²) in [4.78, 5) is 43.6. The van der Waals surface area contributed by atoms with E-state index < -0.39 is 17.5 Å². The van der Waals surface area contributed by atoms with E-state index in [1.165, 1.54) is 16.9 Å². The molecular formula is C24H30N4O3S. The lowest BCUT2D eigenvalue weighted by atomic mass is 9.75. The van der Waals surface area contributed by atoms with Crippen LogP contribution in [0.3, 0.4) is 0 Å². The number of imide groups is 1. The lowest BCUT2D eigenvalue weighted by Gasteiger charge is -2.34. The molecular weight excluding hydrogens is 424 g/mol. The van der Waals surface area contributed by atoms with Crippen LogP contribution in [0.25, 0.3) is 11.3 Å². The van der Waals surface area contributed by atoms with Gasteiger partial charge in [0.15, 0.2) is 5.13 Å². The average Bonchev–Trinajstić information content (AvgIpc) is 3.33. The number of amides is 4. The van der Waals surface area contributed by atoms with E-state index >= 15 is 0 Å². The zero-order valence-electron chi connectivity index (χ0n) is 18.8. The predicted octanol–water partition coefficient (Wildman–Crippen LogP) is 4.76. The number of carbonyl (C=O) groups excluding carboxylic acids is 3. The number of anilines is 1. The number of benzene rings is 1. The van der Waals surface area contributed by atoms with Gasteiger partial charge < -0.3 is 10.6 Å². The summed E-state index contributed by atoms with van der Waals surface area (Å²) in [5.74, 6) is 0.352. The fourth-order valence-corrected chi connectivity index (χ4v) is 5.28. The maximum Gasteiger partial charge on any atom is 0.325 e.